The SMILES string of the molecule is O=C1N=C(N2CCN(c3ccccc3F)CC2)SC1=CC=Cc1ccccc1. The van der Waals surface area contributed by atoms with Gasteiger partial charge >= 0.3 is 0 Å². The minimum atomic E-state index is -0.200. The maximum atomic E-state index is 14.0. The Kier molecular flexibility index (Phi) is 5.58. The van der Waals surface area contributed by atoms with Crippen LogP contribution in [0.15, 0.2) is 76.6 Å². The van der Waals surface area contributed by atoms with E-state index in [1.807, 2.05) is 59.5 Å². The van der Waals surface area contributed by atoms with E-state index in [1.165, 1.54) is 17.8 Å². The summed E-state index contributed by atoms with van der Waals surface area (Å²) in [5, 5.41) is 0.734. The summed E-state index contributed by atoms with van der Waals surface area (Å²) < 4.78 is 14.0. The van der Waals surface area contributed by atoms with Gasteiger partial charge in [-0.1, -0.05) is 54.6 Å². The average Bonchev–Trinajstić information content (AvgIpc) is 3.10. The molecule has 6 heteroatoms. The van der Waals surface area contributed by atoms with Gasteiger partial charge in [-0.2, -0.15) is 4.99 Å². The molecule has 4 nitrogen and oxygen atoms in total. The van der Waals surface area contributed by atoms with Gasteiger partial charge < -0.3 is 9.80 Å². The lowest BCUT2D eigenvalue weighted by atomic mass is 10.2. The van der Waals surface area contributed by atoms with Gasteiger partial charge in [0.1, 0.15) is 5.82 Å². The third-order valence-corrected chi connectivity index (χ3v) is 5.75. The number of hydrogen-bond acceptors (Lipinski definition) is 4. The molecule has 28 heavy (non-hydrogen) atoms. The highest BCUT2D eigenvalue weighted by Crippen LogP contribution is 2.30. The van der Waals surface area contributed by atoms with Crippen molar-refractivity contribution in [1.82, 2.24) is 4.90 Å². The Morgan fingerprint density at radius 3 is 2.36 bits per heavy atom. The second-order valence-electron chi connectivity index (χ2n) is 6.53. The van der Waals surface area contributed by atoms with Crippen LogP contribution in [0.2, 0.25) is 0 Å². The first-order valence-corrected chi connectivity index (χ1v) is 10.0. The Morgan fingerprint density at radius 2 is 1.61 bits per heavy atom. The molecule has 0 aliphatic carbocycles. The number of amidine groups is 1. The maximum absolute atomic E-state index is 14.0. The number of allylic oxidation sites excluding steroid dienone is 2. The van der Waals surface area contributed by atoms with Crippen LogP contribution in [0.25, 0.3) is 6.08 Å². The molecular formula is C22H20FN3OS. The summed E-state index contributed by atoms with van der Waals surface area (Å²) in [7, 11) is 0. The summed E-state index contributed by atoms with van der Waals surface area (Å²) in [6.07, 6.45) is 5.66. The van der Waals surface area contributed by atoms with E-state index in [4.69, 9.17) is 0 Å². The highest BCUT2D eigenvalue weighted by atomic mass is 32.2. The van der Waals surface area contributed by atoms with Crippen molar-refractivity contribution in [3.63, 3.8) is 0 Å². The summed E-state index contributed by atoms with van der Waals surface area (Å²) in [4.78, 5) is 21.2. The van der Waals surface area contributed by atoms with Crippen molar-refractivity contribution < 1.29 is 9.18 Å². The molecule has 0 saturated carbocycles. The van der Waals surface area contributed by atoms with Crippen LogP contribution in [0.5, 0.6) is 0 Å². The van der Waals surface area contributed by atoms with Crippen LogP contribution in [0.4, 0.5) is 10.1 Å². The number of para-hydroxylation sites is 1. The van der Waals surface area contributed by atoms with Crippen LogP contribution in [0.3, 0.4) is 0 Å². The van der Waals surface area contributed by atoms with Crippen LogP contribution < -0.4 is 4.90 Å². The Labute approximate surface area is 168 Å². The summed E-state index contributed by atoms with van der Waals surface area (Å²) >= 11 is 1.40. The lowest BCUT2D eigenvalue weighted by Gasteiger charge is -2.36. The van der Waals surface area contributed by atoms with Crippen LogP contribution in [0.1, 0.15) is 5.56 Å². The van der Waals surface area contributed by atoms with Gasteiger partial charge in [-0.05, 0) is 35.5 Å². The van der Waals surface area contributed by atoms with Gasteiger partial charge in [0.2, 0.25) is 0 Å². The van der Waals surface area contributed by atoms with Crippen LogP contribution in [-0.4, -0.2) is 42.2 Å². The van der Waals surface area contributed by atoms with Gasteiger partial charge in [-0.15, -0.1) is 0 Å². The Balaban J connectivity index is 1.36. The van der Waals surface area contributed by atoms with Crippen molar-refractivity contribution in [3.05, 3.63) is 83.0 Å². The Morgan fingerprint density at radius 1 is 0.929 bits per heavy atom. The molecule has 2 aliphatic rings. The monoisotopic (exact) mass is 393 g/mol. The maximum Gasteiger partial charge on any atom is 0.286 e. The second-order valence-corrected chi connectivity index (χ2v) is 7.54. The van der Waals surface area contributed by atoms with Crippen molar-refractivity contribution >= 4 is 34.6 Å². The van der Waals surface area contributed by atoms with E-state index in [0.717, 1.165) is 10.7 Å². The number of hydrogen-bond donors (Lipinski definition) is 0. The summed E-state index contributed by atoms with van der Waals surface area (Å²) in [6.45, 7) is 2.81. The molecule has 0 atom stereocenters. The largest absolute Gasteiger partial charge is 0.366 e. The molecule has 1 amide bonds. The van der Waals surface area contributed by atoms with Crippen LogP contribution in [-0.2, 0) is 4.79 Å². The number of amides is 1. The van der Waals surface area contributed by atoms with Crippen LogP contribution >= 0.6 is 11.8 Å². The molecule has 1 fully saturated rings. The fraction of sp³-hybridized carbons (Fsp3) is 0.182. The number of anilines is 1. The number of nitrogens with zero attached hydrogens (tertiary/aromatic N) is 3. The minimum Gasteiger partial charge on any atom is -0.366 e. The first-order chi connectivity index (χ1) is 13.7. The third-order valence-electron chi connectivity index (χ3n) is 4.69. The van der Waals surface area contributed by atoms with Gasteiger partial charge in [0, 0.05) is 26.2 Å². The molecular weight excluding hydrogens is 373 g/mol. The van der Waals surface area contributed by atoms with Gasteiger partial charge in [-0.3, -0.25) is 4.79 Å². The zero-order valence-electron chi connectivity index (χ0n) is 15.3. The van der Waals surface area contributed by atoms with E-state index in [1.54, 1.807) is 12.1 Å². The van der Waals surface area contributed by atoms with Crippen molar-refractivity contribution in [2.45, 2.75) is 0 Å². The fourth-order valence-corrected chi connectivity index (χ4v) is 4.12. The molecule has 1 saturated heterocycles. The van der Waals surface area contributed by atoms with Crippen molar-refractivity contribution in [3.8, 4) is 0 Å². The molecule has 2 heterocycles. The number of aliphatic imine (C=N–C) groups is 1. The van der Waals surface area contributed by atoms with Crippen molar-refractivity contribution in [2.75, 3.05) is 31.1 Å². The average molecular weight is 393 g/mol. The van der Waals surface area contributed by atoms with Crippen LogP contribution in [0, 0.1) is 5.82 Å². The number of halogens is 1. The van der Waals surface area contributed by atoms with E-state index >= 15 is 0 Å². The van der Waals surface area contributed by atoms with E-state index in [2.05, 4.69) is 9.89 Å². The summed E-state index contributed by atoms with van der Waals surface area (Å²) in [6, 6.07) is 16.8. The smallest absolute Gasteiger partial charge is 0.286 e. The number of carbonyl (C=O) groups excluding carboxylic acids is 1. The number of carbonyl (C=O) groups is 1. The quantitative estimate of drug-likeness (QED) is 0.733. The van der Waals surface area contributed by atoms with E-state index in [0.29, 0.717) is 36.8 Å². The topological polar surface area (TPSA) is 35.9 Å². The minimum absolute atomic E-state index is 0.200. The predicted octanol–water partition coefficient (Wildman–Crippen LogP) is 4.17. The van der Waals surface area contributed by atoms with E-state index < -0.39 is 0 Å². The molecule has 2 aliphatic heterocycles. The summed E-state index contributed by atoms with van der Waals surface area (Å²) in [5.74, 6) is -0.400. The molecule has 0 spiro atoms. The lowest BCUT2D eigenvalue weighted by Crippen LogP contribution is -2.48. The summed E-state index contributed by atoms with van der Waals surface area (Å²) in [5.41, 5.74) is 1.71. The Hall–Kier alpha value is -2.86. The molecule has 0 radical (unpaired) electrons. The number of benzene rings is 2. The standard InChI is InChI=1S/C22H20FN3OS/c23-18-10-4-5-11-19(18)25-13-15-26(16-14-25)22-24-21(27)20(28-22)12-6-9-17-7-2-1-3-8-17/h1-12H,13-16H2. The number of thioether (sulfide) groups is 1. The zero-order chi connectivity index (χ0) is 19.3. The van der Waals surface area contributed by atoms with Gasteiger partial charge in [-0.25, -0.2) is 4.39 Å². The molecule has 0 bridgehead atoms. The molecule has 0 N–H and O–H groups in total. The first kappa shape index (κ1) is 18.5. The normalized spacial score (nSPS) is 19.0. The molecule has 0 unspecified atom stereocenters. The Bertz CT molecular complexity index is 947. The first-order valence-electron chi connectivity index (χ1n) is 9.19. The number of rotatable bonds is 3. The van der Waals surface area contributed by atoms with E-state index in [-0.39, 0.29) is 11.7 Å². The van der Waals surface area contributed by atoms with Gasteiger partial charge in [0.15, 0.2) is 5.17 Å². The van der Waals surface area contributed by atoms with E-state index in [9.17, 15) is 9.18 Å². The third kappa shape index (κ3) is 4.17. The molecule has 0 aromatic heterocycles. The lowest BCUT2D eigenvalue weighted by molar-refractivity contribution is -0.113. The van der Waals surface area contributed by atoms with Gasteiger partial charge in [0.25, 0.3) is 5.91 Å². The van der Waals surface area contributed by atoms with Crippen molar-refractivity contribution in [2.24, 2.45) is 4.99 Å². The molecule has 4 rings (SSSR count). The van der Waals surface area contributed by atoms with Crippen molar-refractivity contribution in [1.29, 1.82) is 0 Å². The molecule has 2 aromatic carbocycles. The predicted molar refractivity (Wildman–Crippen MR) is 114 cm³/mol. The highest BCUT2D eigenvalue weighted by molar-refractivity contribution is 8.18. The fourth-order valence-electron chi connectivity index (χ4n) is 3.20. The van der Waals surface area contributed by atoms with Gasteiger partial charge in [0.05, 0.1) is 10.6 Å². The number of piperazine rings is 1. The highest BCUT2D eigenvalue weighted by Gasteiger charge is 2.28. The molecule has 142 valence electrons. The zero-order valence-corrected chi connectivity index (χ0v) is 16.1. The second kappa shape index (κ2) is 8.44. The molecule has 2 aromatic rings.